The van der Waals surface area contributed by atoms with Gasteiger partial charge in [-0.3, -0.25) is 0 Å². The predicted octanol–water partition coefficient (Wildman–Crippen LogP) is 12.3. The van der Waals surface area contributed by atoms with Gasteiger partial charge in [0.2, 0.25) is 0 Å². The number of rotatable bonds is 20. The number of esters is 2. The summed E-state index contributed by atoms with van der Waals surface area (Å²) in [5.74, 6) is -4.18. The second kappa shape index (κ2) is 23.5. The minimum atomic E-state index is -5.56. The number of hydrogen-bond acceptors (Lipinski definition) is 9. The molecule has 18 heteroatoms. The molecule has 0 aliphatic rings. The summed E-state index contributed by atoms with van der Waals surface area (Å²) < 4.78 is 124. The van der Waals surface area contributed by atoms with Crippen molar-refractivity contribution >= 4 is 76.3 Å². The predicted molar refractivity (Wildman–Crippen MR) is 309 cm³/mol. The normalized spacial score (nSPS) is 12.8. The van der Waals surface area contributed by atoms with Crippen LogP contribution in [0.1, 0.15) is 52.6 Å². The zero-order valence-electron chi connectivity index (χ0n) is 44.0. The maximum atomic E-state index is 16.0. The number of carbonyl (C=O) groups excluding carboxylic acids is 4. The molecule has 0 aliphatic carbocycles. The van der Waals surface area contributed by atoms with Crippen LogP contribution in [0.4, 0.5) is 26.3 Å². The molecule has 9 aromatic rings. The number of halogens is 6. The second-order valence-electron chi connectivity index (χ2n) is 19.0. The molecule has 0 radical (unpaired) electrons. The molecule has 0 unspecified atom stereocenters. The summed E-state index contributed by atoms with van der Waals surface area (Å²) in [6, 6.07) is 63.0. The number of ether oxygens (including phenoxy) is 2. The third-order valence-electron chi connectivity index (χ3n) is 14.4. The third kappa shape index (κ3) is 10.8. The Hall–Kier alpha value is -8.52. The molecule has 0 N–H and O–H groups in total. The molecule has 9 nitrogen and oxygen atoms in total. The fourth-order valence-electron chi connectivity index (χ4n) is 10.6. The van der Waals surface area contributed by atoms with Crippen LogP contribution < -0.4 is 36.5 Å². The van der Waals surface area contributed by atoms with Crippen molar-refractivity contribution in [1.29, 1.82) is 0 Å². The molecule has 0 saturated heterocycles. The van der Waals surface area contributed by atoms with E-state index in [-0.39, 0.29) is 60.1 Å². The van der Waals surface area contributed by atoms with Gasteiger partial charge in [-0.15, -0.1) is 0 Å². The van der Waals surface area contributed by atoms with Crippen LogP contribution in [-0.4, -0.2) is 57.4 Å². The molecule has 82 heavy (non-hydrogen) atoms. The molecule has 0 amide bonds. The van der Waals surface area contributed by atoms with Crippen molar-refractivity contribution in [3.8, 4) is 5.75 Å². The Bertz CT molecular complexity index is 3310. The molecular formula is C64H51BF6O9P2. The first-order valence-electron chi connectivity index (χ1n) is 25.5. The Morgan fingerprint density at radius 2 is 0.610 bits per heavy atom. The number of alkyl halides is 6. The van der Waals surface area contributed by atoms with Crippen LogP contribution in [0.5, 0.6) is 5.75 Å². The molecule has 9 rings (SSSR count). The number of benzene rings is 9. The SMILES string of the molecule is COC(=O)c1ccccc1C(=O)CP(OB(Oc1cc(C(F)(F)F)cc(C(F)(F)F)c1)OP(CC(=O)c1ccccc1C(=O)OC)(c1ccccc1)(c1ccccc1)c1ccccc1)(c1ccccc1)(c1ccccc1)c1ccccc1. The zero-order valence-corrected chi connectivity index (χ0v) is 45.8. The van der Waals surface area contributed by atoms with Gasteiger partial charge in [0.05, 0.1) is 0 Å². The van der Waals surface area contributed by atoms with Gasteiger partial charge < -0.3 is 0 Å². The van der Waals surface area contributed by atoms with Gasteiger partial charge in [-0.2, -0.15) is 0 Å². The zero-order chi connectivity index (χ0) is 58.2. The Balaban J connectivity index is 1.49. The van der Waals surface area contributed by atoms with E-state index in [1.54, 1.807) is 194 Å². The topological polar surface area (TPSA) is 114 Å². The molecule has 0 atom stereocenters. The van der Waals surface area contributed by atoms with Gasteiger partial charge in [0.25, 0.3) is 0 Å². The van der Waals surface area contributed by atoms with Gasteiger partial charge in [-0.1, -0.05) is 0 Å². The van der Waals surface area contributed by atoms with E-state index in [4.69, 9.17) is 23.0 Å². The van der Waals surface area contributed by atoms with Gasteiger partial charge in [-0.05, 0) is 0 Å². The van der Waals surface area contributed by atoms with E-state index in [1.807, 2.05) is 0 Å². The molecule has 9 aromatic carbocycles. The minimum absolute atomic E-state index is 0.0474. The van der Waals surface area contributed by atoms with E-state index < -0.39 is 86.0 Å². The summed E-state index contributed by atoms with van der Waals surface area (Å²) in [6.45, 7) is -11.1. The van der Waals surface area contributed by atoms with Crippen molar-refractivity contribution in [2.45, 2.75) is 12.4 Å². The first-order valence-corrected chi connectivity index (χ1v) is 30.2. The Labute approximate surface area is 469 Å². The first kappa shape index (κ1) is 58.1. The van der Waals surface area contributed by atoms with Gasteiger partial charge in [0, 0.05) is 0 Å². The average Bonchev–Trinajstić information content (AvgIpc) is 1.17. The van der Waals surface area contributed by atoms with Gasteiger partial charge in [-0.25, -0.2) is 0 Å². The standard InChI is InChI=1S/C64H51BF6O9P2/c1-76-61(74)57-39-23-21-37-55(57)59(72)44-81(49-25-9-3-10-26-49,50-27-11-4-12-28-50,51-29-13-5-14-30-51)79-65(78-48-42-46(63(66,67)68)41-47(43-48)64(69,70)71)80-82(52-31-15-6-16-32-52,53-33-17-7-18-34-53,54-35-19-8-20-36-54)45-60(73)56-38-22-24-40-58(56)62(75)77-2/h3-43H,44-45H2,1-2H3. The van der Waals surface area contributed by atoms with E-state index in [0.29, 0.717) is 12.1 Å². The van der Waals surface area contributed by atoms with E-state index >= 15 is 35.9 Å². The first-order chi connectivity index (χ1) is 39.4. The van der Waals surface area contributed by atoms with Gasteiger partial charge in [0.15, 0.2) is 0 Å². The summed E-state index contributed by atoms with van der Waals surface area (Å²) in [7, 11) is -0.259. The van der Waals surface area contributed by atoms with Crippen molar-refractivity contribution in [3.63, 3.8) is 0 Å². The van der Waals surface area contributed by atoms with Crippen molar-refractivity contribution in [2.24, 2.45) is 0 Å². The molecule has 0 bridgehead atoms. The Morgan fingerprint density at radius 1 is 0.366 bits per heavy atom. The van der Waals surface area contributed by atoms with E-state index in [9.17, 15) is 9.59 Å². The van der Waals surface area contributed by atoms with E-state index in [0.717, 1.165) is 14.2 Å². The second-order valence-corrected chi connectivity index (χ2v) is 28.0. The van der Waals surface area contributed by atoms with Crippen molar-refractivity contribution in [1.82, 2.24) is 0 Å². The van der Waals surface area contributed by atoms with Crippen LogP contribution in [0.3, 0.4) is 0 Å². The molecule has 0 aromatic heterocycles. The van der Waals surface area contributed by atoms with E-state index in [2.05, 4.69) is 0 Å². The number of methoxy groups -OCH3 is 2. The summed E-state index contributed by atoms with van der Waals surface area (Å²) >= 11 is 0. The molecule has 0 aliphatic heterocycles. The molecule has 0 spiro atoms. The summed E-state index contributed by atoms with van der Waals surface area (Å²) in [5.41, 5.74) is -3.96. The van der Waals surface area contributed by atoms with Crippen molar-refractivity contribution < 1.29 is 68.5 Å². The summed E-state index contributed by atoms with van der Waals surface area (Å²) in [6.07, 6.45) is -12.2. The molecule has 416 valence electrons. The molecule has 0 heterocycles. The van der Waals surface area contributed by atoms with Crippen LogP contribution in [0.25, 0.3) is 0 Å². The Morgan fingerprint density at radius 3 is 0.854 bits per heavy atom. The van der Waals surface area contributed by atoms with Gasteiger partial charge >= 0.3 is 472 Å². The molecule has 0 saturated carbocycles. The van der Waals surface area contributed by atoms with Gasteiger partial charge in [0.1, 0.15) is 0 Å². The number of Topliss-reactive ketones (excluding diaryl/α,β-unsaturated/α-hetero) is 2. The Kier molecular flexibility index (Phi) is 16.7. The molecular weight excluding hydrogens is 1100 g/mol. The monoisotopic (exact) mass is 1150 g/mol. The van der Waals surface area contributed by atoms with Crippen LogP contribution in [0.15, 0.2) is 249 Å². The average molecular weight is 1150 g/mol. The number of carbonyl (C=O) groups is 4. The van der Waals surface area contributed by atoms with Crippen LogP contribution in [0, 0.1) is 0 Å². The third-order valence-corrected chi connectivity index (χ3v) is 25.8. The maximum absolute atomic E-state index is 16.0. The number of hydrogen-bond donors (Lipinski definition) is 0. The van der Waals surface area contributed by atoms with Crippen LogP contribution >= 0.6 is 13.7 Å². The van der Waals surface area contributed by atoms with Crippen molar-refractivity contribution in [2.75, 3.05) is 26.5 Å². The van der Waals surface area contributed by atoms with Crippen LogP contribution in [-0.2, 0) is 30.7 Å². The molecule has 0 fully saturated rings. The fourth-order valence-corrected chi connectivity index (χ4v) is 21.7. The summed E-state index contributed by atoms with van der Waals surface area (Å²) in [5, 5.41) is 1.72. The fraction of sp³-hybridized carbons (Fsp3) is 0.0938. The van der Waals surface area contributed by atoms with E-state index in [1.165, 1.54) is 36.4 Å². The quantitative estimate of drug-likeness (QED) is 0.0242. The number of ketones is 2. The summed E-state index contributed by atoms with van der Waals surface area (Å²) in [4.78, 5) is 59.3. The van der Waals surface area contributed by atoms with Crippen LogP contribution in [0.2, 0.25) is 0 Å². The van der Waals surface area contributed by atoms with Crippen molar-refractivity contribution in [3.05, 3.63) is 282 Å².